The molecule has 0 spiro atoms. The van der Waals surface area contributed by atoms with Crippen LogP contribution in [-0.2, 0) is 9.47 Å². The Balaban J connectivity index is 0.000000139. The molecule has 16 rings (SSSR count). The van der Waals surface area contributed by atoms with E-state index in [1.165, 1.54) is 26.8 Å². The molecule has 12 aromatic rings. The quantitative estimate of drug-likeness (QED) is 0.0455. The molecule has 108 heavy (non-hydrogen) atoms. The number of nitrogens with one attached hydrogen (secondary N) is 8. The summed E-state index contributed by atoms with van der Waals surface area (Å²) in [4.78, 5) is 88.2. The molecular formula is C66H76F12I2N24O3V. The first-order valence-corrected chi connectivity index (χ1v) is 43.3. The first kappa shape index (κ1) is 80.6. The Morgan fingerprint density at radius 1 is 0.435 bits per heavy atom. The fourth-order valence-electron chi connectivity index (χ4n) is 14.5. The summed E-state index contributed by atoms with van der Waals surface area (Å²) in [6.07, 6.45) is 6.84. The van der Waals surface area contributed by atoms with Gasteiger partial charge in [-0.15, -0.1) is 0 Å². The first-order valence-electron chi connectivity index (χ1n) is 34.3. The van der Waals surface area contributed by atoms with E-state index in [0.29, 0.717) is 77.5 Å². The monoisotopic (exact) mass is 1790 g/mol. The molecule has 12 aromatic heterocycles. The number of alkyl halides is 12. The average Bonchev–Trinajstić information content (AvgIpc) is 1.63. The number of hydrogen-bond acceptors (Lipinski definition) is 13. The molecule has 10 N–H and O–H groups in total. The molecule has 581 valence electrons. The van der Waals surface area contributed by atoms with Gasteiger partial charge in [-0.05, 0) is 54.5 Å². The normalized spacial score (nSPS) is 20.3. The second kappa shape index (κ2) is 34.2. The van der Waals surface area contributed by atoms with Gasteiger partial charge in [0, 0.05) is 142 Å². The molecule has 0 radical (unpaired) electrons. The first-order chi connectivity index (χ1) is 51.4. The summed E-state index contributed by atoms with van der Waals surface area (Å²) >= 11 is 4.74. The Bertz CT molecular complexity index is 4870. The Hall–Kier alpha value is -8.43. The Morgan fingerprint density at radius 3 is 1.02 bits per heavy atom. The van der Waals surface area contributed by atoms with E-state index in [1.807, 2.05) is 86.7 Å². The average molecular weight is 1790 g/mol. The number of carbonyl (C=O) groups excluding carboxylic acids is 3. The number of carbonyl (C=O) groups is 3. The van der Waals surface area contributed by atoms with Crippen LogP contribution in [0.4, 0.5) is 67.1 Å². The van der Waals surface area contributed by atoms with Crippen LogP contribution in [0.15, 0.2) is 98.6 Å². The summed E-state index contributed by atoms with van der Waals surface area (Å²) in [7, 11) is 0.628. The van der Waals surface area contributed by atoms with Gasteiger partial charge >= 0.3 is 92.2 Å². The van der Waals surface area contributed by atoms with Gasteiger partial charge in [-0.1, -0.05) is 47.0 Å². The van der Waals surface area contributed by atoms with Crippen molar-refractivity contribution in [3.63, 3.8) is 0 Å². The fourth-order valence-corrected chi connectivity index (χ4v) is 14.5. The van der Waals surface area contributed by atoms with E-state index >= 15 is 0 Å². The van der Waals surface area contributed by atoms with Gasteiger partial charge < -0.3 is 61.6 Å². The van der Waals surface area contributed by atoms with E-state index in [4.69, 9.17) is 0 Å². The van der Waals surface area contributed by atoms with Crippen LogP contribution in [0.1, 0.15) is 93.4 Å². The summed E-state index contributed by atoms with van der Waals surface area (Å²) in [5, 5.41) is 9.37. The van der Waals surface area contributed by atoms with E-state index in [2.05, 4.69) is 128 Å². The Kier molecular flexibility index (Phi) is 25.5. The molecule has 42 heteroatoms. The molecule has 0 aromatic carbocycles. The summed E-state index contributed by atoms with van der Waals surface area (Å²) in [6, 6.07) is 5.72. The Morgan fingerprint density at radius 2 is 0.722 bits per heavy atom. The molecule has 6 amide bonds. The van der Waals surface area contributed by atoms with Crippen molar-refractivity contribution in [1.29, 1.82) is 0 Å². The van der Waals surface area contributed by atoms with Crippen molar-refractivity contribution in [1.82, 2.24) is 113 Å². The number of hydrogen-bond donors (Lipinski definition) is 9. The van der Waals surface area contributed by atoms with Gasteiger partial charge in [0.15, 0.2) is 45.2 Å². The van der Waals surface area contributed by atoms with Crippen LogP contribution < -0.4 is 27.0 Å². The summed E-state index contributed by atoms with van der Waals surface area (Å²) in [5.74, 6) is 1.56. The molecule has 0 saturated carbocycles. The molecule has 4 aliphatic rings. The van der Waals surface area contributed by atoms with E-state index in [0.717, 1.165) is 93.3 Å². The van der Waals surface area contributed by atoms with Crippen molar-refractivity contribution >= 4 is 125 Å². The van der Waals surface area contributed by atoms with Gasteiger partial charge in [-0.3, -0.25) is 17.6 Å². The SMILES string of the molecule is CC[C@@H]1CN(C(=O)NCC(F)(F)F)C[C@@H]1c1cnc2cnc3[nH]ccc3n12.CC[C@@H]1CN(C(=O)NCC(F)(F)F)C[C@@H]1c1cnc2cnc3[nH]ccc3n12.CC[C@@H]1CNC[C@@H]1c1cnc2cnc3[nH]ccc3n12.C[C@@H]1CN(C(=O)NCC(F)(F)F)C[C@@H]1c1cnc2cnc3[nH]ccc3n12.NCC(F)(F)F.[I][V][I]. The number of rotatable bonds is 10. The van der Waals surface area contributed by atoms with Gasteiger partial charge in [-0.25, -0.2) is 54.3 Å². The zero-order chi connectivity index (χ0) is 77.6. The predicted molar refractivity (Wildman–Crippen MR) is 390 cm³/mol. The topological polar surface area (TPSA) is 319 Å². The van der Waals surface area contributed by atoms with E-state index in [9.17, 15) is 67.1 Å². The minimum atomic E-state index is -4.42. The van der Waals surface area contributed by atoms with Crippen LogP contribution in [0.5, 0.6) is 0 Å². The molecule has 4 aliphatic heterocycles. The molecule has 0 unspecified atom stereocenters. The zero-order valence-corrected chi connectivity index (χ0v) is 63.9. The number of fused-ring (bicyclic) bond motifs is 12. The second-order valence-electron chi connectivity index (χ2n) is 26.4. The van der Waals surface area contributed by atoms with E-state index in [-0.39, 0.29) is 35.5 Å². The molecule has 16 heterocycles. The van der Waals surface area contributed by atoms with Crippen LogP contribution in [-0.4, -0.2) is 213 Å². The number of urea groups is 3. The molecule has 27 nitrogen and oxygen atoms in total. The van der Waals surface area contributed by atoms with Crippen molar-refractivity contribution in [2.24, 2.45) is 29.4 Å². The number of aromatic nitrogens is 16. The molecule has 0 aliphatic carbocycles. The van der Waals surface area contributed by atoms with Crippen LogP contribution in [0.2, 0.25) is 0 Å². The van der Waals surface area contributed by atoms with E-state index < -0.39 is 69.0 Å². The van der Waals surface area contributed by atoms with Gasteiger partial charge in [0.05, 0.1) is 53.4 Å². The van der Waals surface area contributed by atoms with Crippen molar-refractivity contribution in [3.05, 3.63) is 121 Å². The number of amides is 6. The maximum atomic E-state index is 12.4. The van der Waals surface area contributed by atoms with Crippen molar-refractivity contribution in [2.45, 2.75) is 95.3 Å². The minimum absolute atomic E-state index is 0.0119. The molecular weight excluding hydrogens is 1710 g/mol. The molecule has 4 fully saturated rings. The number of halogens is 14. The van der Waals surface area contributed by atoms with Crippen molar-refractivity contribution in [2.75, 3.05) is 78.5 Å². The van der Waals surface area contributed by atoms with Crippen LogP contribution in [0.3, 0.4) is 0 Å². The number of likely N-dealkylation sites (tertiary alicyclic amines) is 3. The number of nitrogens with zero attached hydrogens (tertiary/aromatic N) is 15. The van der Waals surface area contributed by atoms with Crippen LogP contribution in [0, 0.1) is 23.7 Å². The van der Waals surface area contributed by atoms with Crippen LogP contribution >= 0.6 is 40.0 Å². The van der Waals surface area contributed by atoms with Gasteiger partial charge in [-0.2, -0.15) is 52.7 Å². The third-order valence-electron chi connectivity index (χ3n) is 19.6. The predicted octanol–water partition coefficient (Wildman–Crippen LogP) is 12.5. The second-order valence-corrected chi connectivity index (χ2v) is 38.2. The summed E-state index contributed by atoms with van der Waals surface area (Å²) in [5.41, 5.74) is 18.2. The summed E-state index contributed by atoms with van der Waals surface area (Å²) in [6.45, 7) is 7.50. The van der Waals surface area contributed by atoms with Crippen molar-refractivity contribution in [3.8, 4) is 0 Å². The standard InChI is InChI=1S/2C17H19F3N6O.C16H17F3N6O.C14H17N5.C2H4F3N.2HI.V/c2*1-2-10-7-25(16(27)24-9-17(18,19)20)8-11(10)13-5-22-14-6-23-15-12(26(13)14)3-4-21-15;1-9-6-24(15(26)23-8-16(17,18)19)7-10(9)12-4-21-13-5-22-14-11(25(12)13)2-3-20-14;1-2-9-5-15-6-10(9)12-7-17-13-8-18-14-11(19(12)13)3-4-16-14;3-2(4,5)1-6;;;/h2*3-6,10-11,21H,2,7-9H2,1H3,(H,24,27);2-5,9-10,20H,6-8H2,1H3,(H,23,26);3-4,7-10,15-16H,2,5-6H2,1H3;1,6H2;2*1H;/q;;;;;;;+2/p-2/t2*10-,11+;2*9-,10+;;;;/m1111..../s1. The maximum absolute atomic E-state index is 12.4. The molecule has 4 saturated heterocycles. The Labute approximate surface area is 635 Å². The third kappa shape index (κ3) is 18.7. The molecule has 0 bridgehead atoms. The van der Waals surface area contributed by atoms with Crippen LogP contribution in [0.25, 0.3) is 67.2 Å². The van der Waals surface area contributed by atoms with Gasteiger partial charge in [0.2, 0.25) is 0 Å². The fraction of sp³-hybridized carbons (Fsp3) is 0.470. The third-order valence-corrected chi connectivity index (χ3v) is 19.6. The summed E-state index contributed by atoms with van der Waals surface area (Å²) < 4.78 is 151. The van der Waals surface area contributed by atoms with Gasteiger partial charge in [0.1, 0.15) is 19.6 Å². The number of imidazole rings is 4. The molecule has 8 atom stereocenters. The number of nitrogens with two attached hydrogens (primary N) is 1. The zero-order valence-electron chi connectivity index (χ0n) is 58.2. The number of aromatic amines is 4. The van der Waals surface area contributed by atoms with Crippen molar-refractivity contribution < 1.29 is 76.5 Å². The van der Waals surface area contributed by atoms with E-state index in [1.54, 1.807) is 55.8 Å². The number of H-pyrrole nitrogens is 4. The van der Waals surface area contributed by atoms with Gasteiger partial charge in [0.25, 0.3) is 0 Å².